The molecule has 1 fully saturated rings. The normalized spacial score (nSPS) is 17.7. The fourth-order valence-electron chi connectivity index (χ4n) is 3.27. The average molecular weight is 385 g/mol. The molecule has 1 unspecified atom stereocenters. The number of carbonyl (C=O) groups excluding carboxylic acids is 1. The number of nitrogens with zero attached hydrogens (tertiary/aromatic N) is 5. The van der Waals surface area contributed by atoms with Crippen molar-refractivity contribution in [2.75, 3.05) is 13.1 Å². The van der Waals surface area contributed by atoms with Crippen molar-refractivity contribution in [1.82, 2.24) is 24.5 Å². The lowest BCUT2D eigenvalue weighted by atomic mass is 10.1. The monoisotopic (exact) mass is 385 g/mol. The van der Waals surface area contributed by atoms with Crippen molar-refractivity contribution >= 4 is 17.7 Å². The highest BCUT2D eigenvalue weighted by Gasteiger charge is 2.37. The number of fused-ring (bicyclic) bond motifs is 1. The van der Waals surface area contributed by atoms with Gasteiger partial charge in [-0.25, -0.2) is 9.50 Å². The van der Waals surface area contributed by atoms with E-state index in [1.54, 1.807) is 13.8 Å². The van der Waals surface area contributed by atoms with Crippen LogP contribution in [0, 0.1) is 19.8 Å². The zero-order valence-corrected chi connectivity index (χ0v) is 14.7. The van der Waals surface area contributed by atoms with Crippen LogP contribution >= 0.6 is 0 Å². The highest BCUT2D eigenvalue weighted by molar-refractivity contribution is 5.79. The van der Waals surface area contributed by atoms with E-state index in [0.717, 1.165) is 4.52 Å². The van der Waals surface area contributed by atoms with E-state index in [4.69, 9.17) is 5.11 Å². The molecule has 2 aromatic rings. The summed E-state index contributed by atoms with van der Waals surface area (Å²) >= 11 is 0. The number of rotatable bonds is 4. The Labute approximate surface area is 152 Å². The molecule has 0 saturated carbocycles. The van der Waals surface area contributed by atoms with E-state index in [2.05, 4.69) is 15.1 Å². The number of halogens is 3. The molecule has 2 aromatic heterocycles. The summed E-state index contributed by atoms with van der Waals surface area (Å²) in [6, 6.07) is 0. The van der Waals surface area contributed by atoms with Gasteiger partial charge in [0.2, 0.25) is 5.91 Å². The molecule has 27 heavy (non-hydrogen) atoms. The fourth-order valence-corrected chi connectivity index (χ4v) is 3.27. The van der Waals surface area contributed by atoms with Gasteiger partial charge in [-0.15, -0.1) is 5.10 Å². The number of hydrogen-bond acceptors (Lipinski definition) is 5. The Morgan fingerprint density at radius 1 is 1.26 bits per heavy atom. The molecule has 3 heterocycles. The summed E-state index contributed by atoms with van der Waals surface area (Å²) in [7, 11) is 0. The van der Waals surface area contributed by atoms with E-state index in [-0.39, 0.29) is 31.1 Å². The lowest BCUT2D eigenvalue weighted by Gasteiger charge is -2.16. The molecule has 0 radical (unpaired) electrons. The van der Waals surface area contributed by atoms with Crippen molar-refractivity contribution in [2.45, 2.75) is 39.3 Å². The lowest BCUT2D eigenvalue weighted by molar-refractivity contribution is -0.145. The quantitative estimate of drug-likeness (QED) is 0.859. The summed E-state index contributed by atoms with van der Waals surface area (Å²) in [5.41, 5.74) is 1.56. The molecule has 1 aliphatic rings. The summed E-state index contributed by atoms with van der Waals surface area (Å²) in [4.78, 5) is 32.3. The molecule has 0 spiro atoms. The van der Waals surface area contributed by atoms with Gasteiger partial charge in [-0.05, 0) is 32.3 Å². The van der Waals surface area contributed by atoms with Crippen molar-refractivity contribution < 1.29 is 27.9 Å². The molecule has 0 aliphatic carbocycles. The summed E-state index contributed by atoms with van der Waals surface area (Å²) in [6.07, 6.45) is -3.86. The Balaban J connectivity index is 1.77. The first-order valence-electron chi connectivity index (χ1n) is 8.38. The first-order chi connectivity index (χ1) is 12.6. The Morgan fingerprint density at radius 3 is 2.56 bits per heavy atom. The number of aromatic nitrogens is 4. The maximum Gasteiger partial charge on any atom is 0.453 e. The van der Waals surface area contributed by atoms with E-state index in [1.165, 1.54) is 4.90 Å². The SMILES string of the molecule is Cc1nc2nc(C(F)(F)F)nn2c(C)c1CCC(=O)N1CCC(C(=O)O)C1. The molecule has 146 valence electrons. The van der Waals surface area contributed by atoms with Gasteiger partial charge in [0.15, 0.2) is 0 Å². The van der Waals surface area contributed by atoms with Gasteiger partial charge in [0.05, 0.1) is 5.92 Å². The Bertz CT molecular complexity index is 909. The van der Waals surface area contributed by atoms with Crippen molar-refractivity contribution in [3.63, 3.8) is 0 Å². The minimum atomic E-state index is -4.67. The second-order valence-electron chi connectivity index (χ2n) is 6.57. The fraction of sp³-hybridized carbons (Fsp3) is 0.562. The van der Waals surface area contributed by atoms with Crippen LogP contribution in [0.1, 0.15) is 35.6 Å². The van der Waals surface area contributed by atoms with Crippen LogP contribution in [-0.2, 0) is 22.2 Å². The molecule has 0 aromatic carbocycles. The predicted octanol–water partition coefficient (Wildman–Crippen LogP) is 1.63. The second kappa shape index (κ2) is 6.78. The topological polar surface area (TPSA) is 101 Å². The summed E-state index contributed by atoms with van der Waals surface area (Å²) in [5, 5.41) is 12.5. The summed E-state index contributed by atoms with van der Waals surface area (Å²) < 4.78 is 39.5. The molecule has 1 saturated heterocycles. The van der Waals surface area contributed by atoms with Crippen molar-refractivity contribution in [3.05, 3.63) is 22.8 Å². The maximum atomic E-state index is 12.8. The smallest absolute Gasteiger partial charge is 0.453 e. The predicted molar refractivity (Wildman–Crippen MR) is 85.9 cm³/mol. The molecular formula is C16H18F3N5O3. The van der Waals surface area contributed by atoms with Crippen LogP contribution in [0.3, 0.4) is 0 Å². The number of carbonyl (C=O) groups is 2. The summed E-state index contributed by atoms with van der Waals surface area (Å²) in [5.74, 6) is -3.06. The van der Waals surface area contributed by atoms with E-state index in [1.807, 2.05) is 0 Å². The van der Waals surface area contributed by atoms with Gasteiger partial charge in [-0.2, -0.15) is 18.2 Å². The van der Waals surface area contributed by atoms with Crippen LogP contribution in [0.4, 0.5) is 13.2 Å². The number of likely N-dealkylation sites (tertiary alicyclic amines) is 1. The largest absolute Gasteiger partial charge is 0.481 e. The van der Waals surface area contributed by atoms with Crippen molar-refractivity contribution in [1.29, 1.82) is 0 Å². The molecule has 1 atom stereocenters. The minimum Gasteiger partial charge on any atom is -0.481 e. The third-order valence-corrected chi connectivity index (χ3v) is 4.78. The van der Waals surface area contributed by atoms with Crippen LogP contribution in [-0.4, -0.2) is 54.6 Å². The highest BCUT2D eigenvalue weighted by Crippen LogP contribution is 2.27. The Morgan fingerprint density at radius 2 is 1.96 bits per heavy atom. The maximum absolute atomic E-state index is 12.8. The first-order valence-corrected chi connectivity index (χ1v) is 8.38. The molecule has 1 aliphatic heterocycles. The number of alkyl halides is 3. The van der Waals surface area contributed by atoms with Crippen LogP contribution in [0.5, 0.6) is 0 Å². The van der Waals surface area contributed by atoms with Gasteiger partial charge in [0.1, 0.15) is 0 Å². The number of aryl methyl sites for hydroxylation is 2. The van der Waals surface area contributed by atoms with Crippen LogP contribution in [0.2, 0.25) is 0 Å². The van der Waals surface area contributed by atoms with Crippen molar-refractivity contribution in [2.24, 2.45) is 5.92 Å². The number of amides is 1. The first kappa shape index (κ1) is 19.1. The van der Waals surface area contributed by atoms with E-state index < -0.39 is 23.9 Å². The highest BCUT2D eigenvalue weighted by atomic mass is 19.4. The van der Waals surface area contributed by atoms with Gasteiger partial charge in [-0.1, -0.05) is 0 Å². The second-order valence-corrected chi connectivity index (χ2v) is 6.57. The average Bonchev–Trinajstić information content (AvgIpc) is 3.21. The van der Waals surface area contributed by atoms with E-state index >= 15 is 0 Å². The summed E-state index contributed by atoms with van der Waals surface area (Å²) in [6.45, 7) is 3.82. The molecule has 8 nitrogen and oxygen atoms in total. The molecule has 1 amide bonds. The Kier molecular flexibility index (Phi) is 4.79. The van der Waals surface area contributed by atoms with Crippen LogP contribution < -0.4 is 0 Å². The number of hydrogen-bond donors (Lipinski definition) is 1. The molecule has 1 N–H and O–H groups in total. The number of aliphatic carboxylic acids is 1. The van der Waals surface area contributed by atoms with E-state index in [9.17, 15) is 22.8 Å². The molecule has 0 bridgehead atoms. The molecular weight excluding hydrogens is 367 g/mol. The molecule has 11 heteroatoms. The lowest BCUT2D eigenvalue weighted by Crippen LogP contribution is -2.30. The third kappa shape index (κ3) is 3.71. The van der Waals surface area contributed by atoms with Crippen LogP contribution in [0.25, 0.3) is 5.78 Å². The van der Waals surface area contributed by atoms with Gasteiger partial charge in [0.25, 0.3) is 11.6 Å². The number of carboxylic acid groups (broad SMARTS) is 1. The van der Waals surface area contributed by atoms with Crippen LogP contribution in [0.15, 0.2) is 0 Å². The van der Waals surface area contributed by atoms with Gasteiger partial charge in [-0.3, -0.25) is 9.59 Å². The van der Waals surface area contributed by atoms with Gasteiger partial charge >= 0.3 is 12.1 Å². The van der Waals surface area contributed by atoms with Gasteiger partial charge < -0.3 is 10.0 Å². The standard InChI is InChI=1S/C16H18F3N5O3/c1-8-11(3-4-12(25)23-6-5-10(7-23)13(26)27)9(2)24-15(20-8)21-14(22-24)16(17,18)19/h10H,3-7H2,1-2H3,(H,26,27). The minimum absolute atomic E-state index is 0.113. The zero-order chi connectivity index (χ0) is 19.9. The van der Waals surface area contributed by atoms with Crippen molar-refractivity contribution in [3.8, 4) is 0 Å². The third-order valence-electron chi connectivity index (χ3n) is 4.78. The van der Waals surface area contributed by atoms with Gasteiger partial charge in [0, 0.05) is 30.9 Å². The zero-order valence-electron chi connectivity index (χ0n) is 14.7. The van der Waals surface area contributed by atoms with E-state index in [0.29, 0.717) is 29.9 Å². The number of carboxylic acids is 1. The molecule has 3 rings (SSSR count). The Hall–Kier alpha value is -2.72.